The van der Waals surface area contributed by atoms with Crippen LogP contribution in [0.25, 0.3) is 0 Å². The first kappa shape index (κ1) is 17.2. The van der Waals surface area contributed by atoms with Gasteiger partial charge in [-0.25, -0.2) is 0 Å². The summed E-state index contributed by atoms with van der Waals surface area (Å²) in [6.45, 7) is 3.18. The van der Waals surface area contributed by atoms with E-state index in [1.807, 2.05) is 18.2 Å². The number of hydrogen-bond acceptors (Lipinski definition) is 4. The van der Waals surface area contributed by atoms with E-state index in [0.717, 1.165) is 12.8 Å². The van der Waals surface area contributed by atoms with Crippen LogP contribution in [-0.2, 0) is 14.3 Å². The van der Waals surface area contributed by atoms with Gasteiger partial charge in [0.25, 0.3) is 0 Å². The Balaban J connectivity index is 1.83. The van der Waals surface area contributed by atoms with Crippen LogP contribution in [-0.4, -0.2) is 42.3 Å². The minimum absolute atomic E-state index is 0.0297. The molecule has 1 atom stereocenters. The molecule has 0 bridgehead atoms. The number of nitrogens with zero attached hydrogens (tertiary/aromatic N) is 1. The predicted octanol–water partition coefficient (Wildman–Crippen LogP) is 2.45. The van der Waals surface area contributed by atoms with Gasteiger partial charge in [-0.3, -0.25) is 14.4 Å². The summed E-state index contributed by atoms with van der Waals surface area (Å²) in [6, 6.07) is 8.98. The second-order valence-corrected chi connectivity index (χ2v) is 5.72. The number of Topliss-reactive ketones (excluding diaryl/α,β-unsaturated/α-hetero) is 1. The maximum atomic E-state index is 12.3. The van der Waals surface area contributed by atoms with Crippen molar-refractivity contribution < 1.29 is 19.1 Å². The fourth-order valence-electron chi connectivity index (χ4n) is 2.80. The lowest BCUT2D eigenvalue weighted by atomic mass is 9.97. The number of piperidine rings is 1. The standard InChI is InChI=1S/C18H23NO4/c1-2-23-18(22)15-9-6-12-19(13-15)17(21)11-10-16(20)14-7-4-3-5-8-14/h3-5,7-8,15H,2,6,9-13H2,1H3. The molecule has 0 aliphatic carbocycles. The fraction of sp³-hybridized carbons (Fsp3) is 0.500. The molecule has 5 heteroatoms. The Bertz CT molecular complexity index is 555. The zero-order valence-corrected chi connectivity index (χ0v) is 13.5. The molecule has 1 aliphatic rings. The van der Waals surface area contributed by atoms with E-state index in [1.165, 1.54) is 0 Å². The number of benzene rings is 1. The average Bonchev–Trinajstić information content (AvgIpc) is 2.60. The molecule has 1 aliphatic heterocycles. The number of ketones is 1. The summed E-state index contributed by atoms with van der Waals surface area (Å²) in [5.41, 5.74) is 0.628. The molecule has 1 saturated heterocycles. The van der Waals surface area contributed by atoms with E-state index in [2.05, 4.69) is 0 Å². The van der Waals surface area contributed by atoms with E-state index in [9.17, 15) is 14.4 Å². The van der Waals surface area contributed by atoms with Crippen molar-refractivity contribution in [2.75, 3.05) is 19.7 Å². The van der Waals surface area contributed by atoms with Crippen molar-refractivity contribution in [1.29, 1.82) is 0 Å². The summed E-state index contributed by atoms with van der Waals surface area (Å²) in [4.78, 5) is 37.8. The number of ether oxygens (including phenoxy) is 1. The molecule has 1 aromatic rings. The zero-order valence-electron chi connectivity index (χ0n) is 13.5. The third-order valence-corrected chi connectivity index (χ3v) is 4.06. The van der Waals surface area contributed by atoms with Crippen molar-refractivity contribution in [3.63, 3.8) is 0 Å². The molecule has 2 rings (SSSR count). The minimum Gasteiger partial charge on any atom is -0.466 e. The SMILES string of the molecule is CCOC(=O)C1CCCN(C(=O)CCC(=O)c2ccccc2)C1. The van der Waals surface area contributed by atoms with Crippen LogP contribution in [0.4, 0.5) is 0 Å². The Morgan fingerprint density at radius 2 is 1.91 bits per heavy atom. The summed E-state index contributed by atoms with van der Waals surface area (Å²) < 4.78 is 5.03. The van der Waals surface area contributed by atoms with Gasteiger partial charge in [0.15, 0.2) is 5.78 Å². The van der Waals surface area contributed by atoms with Crippen LogP contribution in [0.5, 0.6) is 0 Å². The highest BCUT2D eigenvalue weighted by molar-refractivity contribution is 5.97. The van der Waals surface area contributed by atoms with Gasteiger partial charge >= 0.3 is 5.97 Å². The Kier molecular flexibility index (Phi) is 6.32. The molecule has 1 unspecified atom stereocenters. The van der Waals surface area contributed by atoms with Crippen LogP contribution in [0.3, 0.4) is 0 Å². The minimum atomic E-state index is -0.238. The van der Waals surface area contributed by atoms with E-state index in [-0.39, 0.29) is 36.4 Å². The van der Waals surface area contributed by atoms with Gasteiger partial charge in [-0.05, 0) is 19.8 Å². The Morgan fingerprint density at radius 1 is 1.17 bits per heavy atom. The Labute approximate surface area is 136 Å². The molecule has 0 N–H and O–H groups in total. The highest BCUT2D eigenvalue weighted by atomic mass is 16.5. The summed E-state index contributed by atoms with van der Waals surface area (Å²) in [5.74, 6) is -0.566. The molecule has 23 heavy (non-hydrogen) atoms. The second-order valence-electron chi connectivity index (χ2n) is 5.72. The van der Waals surface area contributed by atoms with Crippen molar-refractivity contribution in [1.82, 2.24) is 4.90 Å². The highest BCUT2D eigenvalue weighted by Gasteiger charge is 2.29. The number of amides is 1. The van der Waals surface area contributed by atoms with Crippen molar-refractivity contribution in [2.45, 2.75) is 32.6 Å². The Morgan fingerprint density at radius 3 is 2.61 bits per heavy atom. The van der Waals surface area contributed by atoms with Crippen LogP contribution >= 0.6 is 0 Å². The van der Waals surface area contributed by atoms with Crippen LogP contribution in [0.2, 0.25) is 0 Å². The molecule has 0 aromatic heterocycles. The smallest absolute Gasteiger partial charge is 0.310 e. The van der Waals surface area contributed by atoms with E-state index in [4.69, 9.17) is 4.74 Å². The van der Waals surface area contributed by atoms with Crippen molar-refractivity contribution in [3.8, 4) is 0 Å². The Hall–Kier alpha value is -2.17. The van der Waals surface area contributed by atoms with Gasteiger partial charge in [0.2, 0.25) is 5.91 Å². The third-order valence-electron chi connectivity index (χ3n) is 4.06. The number of carbonyl (C=O) groups is 3. The van der Waals surface area contributed by atoms with E-state index in [0.29, 0.717) is 25.3 Å². The first-order chi connectivity index (χ1) is 11.1. The van der Waals surface area contributed by atoms with E-state index in [1.54, 1.807) is 24.0 Å². The lowest BCUT2D eigenvalue weighted by Crippen LogP contribution is -2.42. The van der Waals surface area contributed by atoms with Crippen LogP contribution in [0.1, 0.15) is 43.0 Å². The summed E-state index contributed by atoms with van der Waals surface area (Å²) in [6.07, 6.45) is 1.93. The van der Waals surface area contributed by atoms with Gasteiger partial charge in [0.1, 0.15) is 0 Å². The first-order valence-corrected chi connectivity index (χ1v) is 8.14. The normalized spacial score (nSPS) is 17.6. The van der Waals surface area contributed by atoms with Gasteiger partial charge in [-0.1, -0.05) is 30.3 Å². The molecule has 1 aromatic carbocycles. The van der Waals surface area contributed by atoms with Crippen molar-refractivity contribution in [3.05, 3.63) is 35.9 Å². The molecular weight excluding hydrogens is 294 g/mol. The van der Waals surface area contributed by atoms with Crippen molar-refractivity contribution >= 4 is 17.7 Å². The lowest BCUT2D eigenvalue weighted by molar-refractivity contribution is -0.151. The average molecular weight is 317 g/mol. The molecular formula is C18H23NO4. The number of hydrogen-bond donors (Lipinski definition) is 0. The van der Waals surface area contributed by atoms with Gasteiger partial charge in [-0.2, -0.15) is 0 Å². The quantitative estimate of drug-likeness (QED) is 0.597. The molecule has 124 valence electrons. The maximum absolute atomic E-state index is 12.3. The summed E-state index contributed by atoms with van der Waals surface area (Å²) >= 11 is 0. The topological polar surface area (TPSA) is 63.7 Å². The van der Waals surface area contributed by atoms with Gasteiger partial charge in [0, 0.05) is 31.5 Å². The summed E-state index contributed by atoms with van der Waals surface area (Å²) in [5, 5.41) is 0. The molecule has 1 fully saturated rings. The van der Waals surface area contributed by atoms with Crippen molar-refractivity contribution in [2.24, 2.45) is 5.92 Å². The monoisotopic (exact) mass is 317 g/mol. The zero-order chi connectivity index (χ0) is 16.7. The molecule has 1 heterocycles. The van der Waals surface area contributed by atoms with Gasteiger partial charge in [0.05, 0.1) is 12.5 Å². The fourth-order valence-corrected chi connectivity index (χ4v) is 2.80. The lowest BCUT2D eigenvalue weighted by Gasteiger charge is -2.31. The number of rotatable bonds is 6. The van der Waals surface area contributed by atoms with E-state index < -0.39 is 0 Å². The molecule has 0 spiro atoms. The molecule has 1 amide bonds. The van der Waals surface area contributed by atoms with Crippen LogP contribution in [0.15, 0.2) is 30.3 Å². The first-order valence-electron chi connectivity index (χ1n) is 8.14. The third kappa shape index (κ3) is 4.91. The molecule has 5 nitrogen and oxygen atoms in total. The largest absolute Gasteiger partial charge is 0.466 e. The molecule has 0 radical (unpaired) electrons. The number of carbonyl (C=O) groups excluding carboxylic acids is 3. The second kappa shape index (κ2) is 8.46. The number of likely N-dealkylation sites (tertiary alicyclic amines) is 1. The predicted molar refractivity (Wildman–Crippen MR) is 85.9 cm³/mol. The molecule has 0 saturated carbocycles. The summed E-state index contributed by atoms with van der Waals surface area (Å²) in [7, 11) is 0. The highest BCUT2D eigenvalue weighted by Crippen LogP contribution is 2.19. The van der Waals surface area contributed by atoms with Gasteiger partial charge < -0.3 is 9.64 Å². The number of esters is 1. The van der Waals surface area contributed by atoms with Crippen LogP contribution in [0, 0.1) is 5.92 Å². The van der Waals surface area contributed by atoms with E-state index >= 15 is 0 Å². The van der Waals surface area contributed by atoms with Crippen LogP contribution < -0.4 is 0 Å². The maximum Gasteiger partial charge on any atom is 0.310 e. The van der Waals surface area contributed by atoms with Gasteiger partial charge in [-0.15, -0.1) is 0 Å².